The standard InChI is InChI=1S/C9H17NOS/c1-8(4-2-3-6-11)9-10-5-7-12-9/h8,11H,2-7H2,1H3. The zero-order chi connectivity index (χ0) is 8.81. The van der Waals surface area contributed by atoms with Crippen LogP contribution >= 0.6 is 11.8 Å². The lowest BCUT2D eigenvalue weighted by Gasteiger charge is -2.09. The van der Waals surface area contributed by atoms with Crippen LogP contribution in [0.25, 0.3) is 0 Å². The van der Waals surface area contributed by atoms with Gasteiger partial charge in [-0.2, -0.15) is 0 Å². The smallest absolute Gasteiger partial charge is 0.0705 e. The molecule has 70 valence electrons. The van der Waals surface area contributed by atoms with E-state index in [1.165, 1.54) is 17.2 Å². The van der Waals surface area contributed by atoms with Crippen LogP contribution in [0, 0.1) is 5.92 Å². The zero-order valence-corrected chi connectivity index (χ0v) is 8.44. The van der Waals surface area contributed by atoms with Crippen LogP contribution in [-0.2, 0) is 0 Å². The summed E-state index contributed by atoms with van der Waals surface area (Å²) in [6.07, 6.45) is 3.23. The zero-order valence-electron chi connectivity index (χ0n) is 7.62. The van der Waals surface area contributed by atoms with Crippen molar-refractivity contribution in [3.05, 3.63) is 0 Å². The van der Waals surface area contributed by atoms with E-state index in [1.807, 2.05) is 11.8 Å². The van der Waals surface area contributed by atoms with Crippen LogP contribution in [-0.4, -0.2) is 29.1 Å². The maximum absolute atomic E-state index is 8.61. The predicted octanol–water partition coefficient (Wildman–Crippen LogP) is 1.93. The van der Waals surface area contributed by atoms with Gasteiger partial charge in [-0.3, -0.25) is 4.99 Å². The fraction of sp³-hybridized carbons (Fsp3) is 0.889. The fourth-order valence-corrected chi connectivity index (χ4v) is 2.31. The SMILES string of the molecule is CC(CCCCO)C1=NCCS1. The van der Waals surface area contributed by atoms with Gasteiger partial charge < -0.3 is 5.11 Å². The molecule has 0 fully saturated rings. The Labute approximate surface area is 78.5 Å². The quantitative estimate of drug-likeness (QED) is 0.667. The fourth-order valence-electron chi connectivity index (χ4n) is 1.34. The van der Waals surface area contributed by atoms with E-state index in [0.717, 1.165) is 19.4 Å². The van der Waals surface area contributed by atoms with E-state index in [-0.39, 0.29) is 0 Å². The minimum Gasteiger partial charge on any atom is -0.396 e. The van der Waals surface area contributed by atoms with E-state index in [4.69, 9.17) is 5.11 Å². The summed E-state index contributed by atoms with van der Waals surface area (Å²) in [5.41, 5.74) is 0. The summed E-state index contributed by atoms with van der Waals surface area (Å²) in [6.45, 7) is 3.56. The molecule has 1 atom stereocenters. The van der Waals surface area contributed by atoms with Crippen LogP contribution in [0.5, 0.6) is 0 Å². The molecule has 2 nitrogen and oxygen atoms in total. The van der Waals surface area contributed by atoms with Gasteiger partial charge in [0.05, 0.1) is 5.04 Å². The molecule has 3 heteroatoms. The summed E-state index contributed by atoms with van der Waals surface area (Å²) < 4.78 is 0. The number of aliphatic hydroxyl groups is 1. The van der Waals surface area contributed by atoms with E-state index in [9.17, 15) is 0 Å². The van der Waals surface area contributed by atoms with Crippen molar-refractivity contribution in [2.45, 2.75) is 26.2 Å². The first-order valence-corrected chi connectivity index (χ1v) is 5.61. The first kappa shape index (κ1) is 10.1. The average Bonchev–Trinajstić information content (AvgIpc) is 2.56. The molecule has 0 bridgehead atoms. The van der Waals surface area contributed by atoms with Crippen LogP contribution in [0.2, 0.25) is 0 Å². The molecule has 0 aliphatic carbocycles. The molecular formula is C9H17NOS. The van der Waals surface area contributed by atoms with Gasteiger partial charge in [-0.1, -0.05) is 13.3 Å². The highest BCUT2D eigenvalue weighted by molar-refractivity contribution is 8.14. The number of aliphatic imine (C=N–C) groups is 1. The lowest BCUT2D eigenvalue weighted by atomic mass is 10.1. The Morgan fingerprint density at radius 2 is 2.42 bits per heavy atom. The van der Waals surface area contributed by atoms with Gasteiger partial charge in [-0.05, 0) is 12.8 Å². The molecule has 0 spiro atoms. The Kier molecular flexibility index (Phi) is 4.69. The monoisotopic (exact) mass is 187 g/mol. The van der Waals surface area contributed by atoms with Gasteiger partial charge >= 0.3 is 0 Å². The molecule has 0 saturated carbocycles. The topological polar surface area (TPSA) is 32.6 Å². The lowest BCUT2D eigenvalue weighted by Crippen LogP contribution is -2.05. The molecule has 1 heterocycles. The maximum atomic E-state index is 8.61. The van der Waals surface area contributed by atoms with Gasteiger partial charge in [0.15, 0.2) is 0 Å². The van der Waals surface area contributed by atoms with Crippen LogP contribution in [0.15, 0.2) is 4.99 Å². The van der Waals surface area contributed by atoms with E-state index in [2.05, 4.69) is 11.9 Å². The van der Waals surface area contributed by atoms with Gasteiger partial charge in [0.25, 0.3) is 0 Å². The summed E-state index contributed by atoms with van der Waals surface area (Å²) >= 11 is 1.90. The molecule has 1 rings (SSSR count). The highest BCUT2D eigenvalue weighted by Gasteiger charge is 2.14. The molecular weight excluding hydrogens is 170 g/mol. The number of hydrogen-bond donors (Lipinski definition) is 1. The Morgan fingerprint density at radius 1 is 1.58 bits per heavy atom. The number of thioether (sulfide) groups is 1. The molecule has 0 saturated heterocycles. The third-order valence-electron chi connectivity index (χ3n) is 2.08. The molecule has 1 N–H and O–H groups in total. The Hall–Kier alpha value is -0.0200. The van der Waals surface area contributed by atoms with Crippen molar-refractivity contribution in [2.24, 2.45) is 10.9 Å². The number of nitrogens with zero attached hydrogens (tertiary/aromatic N) is 1. The van der Waals surface area contributed by atoms with Crippen molar-refractivity contribution in [3.63, 3.8) is 0 Å². The molecule has 0 amide bonds. The molecule has 0 aromatic rings. The summed E-state index contributed by atoms with van der Waals surface area (Å²) in [5.74, 6) is 1.78. The first-order chi connectivity index (χ1) is 5.84. The second-order valence-electron chi connectivity index (χ2n) is 3.19. The van der Waals surface area contributed by atoms with E-state index in [1.54, 1.807) is 0 Å². The van der Waals surface area contributed by atoms with Crippen LogP contribution in [0.3, 0.4) is 0 Å². The first-order valence-electron chi connectivity index (χ1n) is 4.62. The number of hydrogen-bond acceptors (Lipinski definition) is 3. The third kappa shape index (κ3) is 3.15. The van der Waals surface area contributed by atoms with Crippen molar-refractivity contribution in [1.29, 1.82) is 0 Å². The van der Waals surface area contributed by atoms with Crippen molar-refractivity contribution < 1.29 is 5.11 Å². The van der Waals surface area contributed by atoms with Gasteiger partial charge in [0.2, 0.25) is 0 Å². The summed E-state index contributed by atoms with van der Waals surface area (Å²) in [6, 6.07) is 0. The van der Waals surface area contributed by atoms with Crippen molar-refractivity contribution in [3.8, 4) is 0 Å². The van der Waals surface area contributed by atoms with E-state index < -0.39 is 0 Å². The van der Waals surface area contributed by atoms with E-state index >= 15 is 0 Å². The number of aliphatic hydroxyl groups excluding tert-OH is 1. The average molecular weight is 187 g/mol. The van der Waals surface area contributed by atoms with Crippen molar-refractivity contribution >= 4 is 16.8 Å². The Morgan fingerprint density at radius 3 is 3.00 bits per heavy atom. The predicted molar refractivity (Wildman–Crippen MR) is 54.9 cm³/mol. The normalized spacial score (nSPS) is 19.3. The second-order valence-corrected chi connectivity index (χ2v) is 4.30. The van der Waals surface area contributed by atoms with Crippen LogP contribution < -0.4 is 0 Å². The maximum Gasteiger partial charge on any atom is 0.0705 e. The largest absolute Gasteiger partial charge is 0.396 e. The molecule has 1 unspecified atom stereocenters. The van der Waals surface area contributed by atoms with Crippen LogP contribution in [0.4, 0.5) is 0 Å². The van der Waals surface area contributed by atoms with E-state index in [0.29, 0.717) is 12.5 Å². The minimum atomic E-state index is 0.326. The molecule has 0 aromatic heterocycles. The Bertz CT molecular complexity index is 159. The summed E-state index contributed by atoms with van der Waals surface area (Å²) in [7, 11) is 0. The minimum absolute atomic E-state index is 0.326. The Balaban J connectivity index is 2.14. The van der Waals surface area contributed by atoms with Gasteiger partial charge in [-0.25, -0.2) is 0 Å². The molecule has 0 aromatic carbocycles. The van der Waals surface area contributed by atoms with Crippen LogP contribution in [0.1, 0.15) is 26.2 Å². The highest BCUT2D eigenvalue weighted by atomic mass is 32.2. The second kappa shape index (κ2) is 5.60. The lowest BCUT2D eigenvalue weighted by molar-refractivity contribution is 0.281. The van der Waals surface area contributed by atoms with Crippen molar-refractivity contribution in [2.75, 3.05) is 18.9 Å². The summed E-state index contributed by atoms with van der Waals surface area (Å²) in [5, 5.41) is 9.94. The van der Waals surface area contributed by atoms with Gasteiger partial charge in [0, 0.05) is 24.8 Å². The van der Waals surface area contributed by atoms with Crippen molar-refractivity contribution in [1.82, 2.24) is 0 Å². The molecule has 0 radical (unpaired) electrons. The molecule has 1 aliphatic heterocycles. The van der Waals surface area contributed by atoms with Gasteiger partial charge in [-0.15, -0.1) is 11.8 Å². The highest BCUT2D eigenvalue weighted by Crippen LogP contribution is 2.22. The number of unbranched alkanes of at least 4 members (excludes halogenated alkanes) is 1. The van der Waals surface area contributed by atoms with Gasteiger partial charge in [0.1, 0.15) is 0 Å². The third-order valence-corrected chi connectivity index (χ3v) is 3.29. The summed E-state index contributed by atoms with van der Waals surface area (Å²) in [4.78, 5) is 4.43. The molecule has 1 aliphatic rings. The molecule has 12 heavy (non-hydrogen) atoms. The number of rotatable bonds is 5.